The maximum Gasteiger partial charge on any atom is 0.139 e. The van der Waals surface area contributed by atoms with Gasteiger partial charge in [-0.15, -0.1) is 11.3 Å². The Hall–Kier alpha value is -1.61. The topological polar surface area (TPSA) is 28.7 Å². The molecule has 0 aliphatic rings. The number of hydrogen-bond acceptors (Lipinski definition) is 2. The van der Waals surface area contributed by atoms with E-state index in [-0.39, 0.29) is 0 Å². The Morgan fingerprint density at radius 3 is 2.81 bits per heavy atom. The third kappa shape index (κ3) is 1.53. The van der Waals surface area contributed by atoms with E-state index < -0.39 is 0 Å². The summed E-state index contributed by atoms with van der Waals surface area (Å²) in [6.07, 6.45) is 0. The van der Waals surface area contributed by atoms with Gasteiger partial charge in [-0.1, -0.05) is 6.07 Å². The molecule has 2 nitrogen and oxygen atoms in total. The molecule has 0 aliphatic heterocycles. The highest BCUT2D eigenvalue weighted by atomic mass is 32.1. The molecule has 0 amide bonds. The van der Waals surface area contributed by atoms with Crippen LogP contribution in [0.3, 0.4) is 0 Å². The average Bonchev–Trinajstić information content (AvgIpc) is 2.83. The molecule has 0 fully saturated rings. The molecule has 0 bridgehead atoms. The molecule has 0 saturated carbocycles. The molecular formula is C13H12N2S. The van der Waals surface area contributed by atoms with Gasteiger partial charge in [-0.25, -0.2) is 4.98 Å². The van der Waals surface area contributed by atoms with Gasteiger partial charge in [0.05, 0.1) is 11.0 Å². The van der Waals surface area contributed by atoms with Crippen LogP contribution >= 0.6 is 11.3 Å². The van der Waals surface area contributed by atoms with E-state index in [0.29, 0.717) is 0 Å². The molecule has 3 rings (SSSR count). The molecular weight excluding hydrogens is 216 g/mol. The molecule has 0 atom stereocenters. The van der Waals surface area contributed by atoms with Crippen molar-refractivity contribution in [2.24, 2.45) is 0 Å². The first-order chi connectivity index (χ1) is 7.72. The summed E-state index contributed by atoms with van der Waals surface area (Å²) in [4.78, 5) is 9.26. The minimum atomic E-state index is 0.963. The normalized spacial score (nSPS) is 11.1. The highest BCUT2D eigenvalue weighted by molar-refractivity contribution is 7.10. The van der Waals surface area contributed by atoms with E-state index in [1.54, 1.807) is 11.3 Å². The van der Waals surface area contributed by atoms with E-state index in [1.165, 1.54) is 16.0 Å². The molecule has 80 valence electrons. The van der Waals surface area contributed by atoms with Gasteiger partial charge in [0, 0.05) is 15.8 Å². The van der Waals surface area contributed by atoms with Crippen LogP contribution in [0.15, 0.2) is 29.6 Å². The maximum atomic E-state index is 4.59. The van der Waals surface area contributed by atoms with Gasteiger partial charge in [0.2, 0.25) is 0 Å². The molecule has 0 unspecified atom stereocenters. The fourth-order valence-corrected chi connectivity index (χ4v) is 2.52. The van der Waals surface area contributed by atoms with Crippen molar-refractivity contribution >= 4 is 22.4 Å². The van der Waals surface area contributed by atoms with E-state index in [1.807, 2.05) is 0 Å². The first-order valence-electron chi connectivity index (χ1n) is 5.24. The van der Waals surface area contributed by atoms with Gasteiger partial charge in [-0.3, -0.25) is 0 Å². The minimum absolute atomic E-state index is 0.963. The lowest BCUT2D eigenvalue weighted by Crippen LogP contribution is -1.74. The molecule has 16 heavy (non-hydrogen) atoms. The lowest BCUT2D eigenvalue weighted by molar-refractivity contribution is 1.34. The summed E-state index contributed by atoms with van der Waals surface area (Å²) in [5.74, 6) is 0.963. The number of aryl methyl sites for hydroxylation is 2. The monoisotopic (exact) mass is 228 g/mol. The third-order valence-electron chi connectivity index (χ3n) is 2.64. The summed E-state index contributed by atoms with van der Waals surface area (Å²) >= 11 is 1.75. The summed E-state index contributed by atoms with van der Waals surface area (Å²) in [6.45, 7) is 4.20. The van der Waals surface area contributed by atoms with Crippen LogP contribution in [0.5, 0.6) is 0 Å². The smallest absolute Gasteiger partial charge is 0.139 e. The number of fused-ring (bicyclic) bond motifs is 1. The van der Waals surface area contributed by atoms with E-state index in [0.717, 1.165) is 16.9 Å². The molecule has 0 aliphatic carbocycles. The Kier molecular flexibility index (Phi) is 2.07. The lowest BCUT2D eigenvalue weighted by atomic mass is 10.2. The predicted octanol–water partition coefficient (Wildman–Crippen LogP) is 3.91. The van der Waals surface area contributed by atoms with Crippen molar-refractivity contribution in [1.29, 1.82) is 0 Å². The Bertz CT molecular complexity index is 649. The Labute approximate surface area is 98.0 Å². The number of nitrogens with zero attached hydrogens (tertiary/aromatic N) is 1. The van der Waals surface area contributed by atoms with Crippen LogP contribution in [-0.2, 0) is 0 Å². The predicted molar refractivity (Wildman–Crippen MR) is 68.9 cm³/mol. The van der Waals surface area contributed by atoms with Crippen LogP contribution in [0.2, 0.25) is 0 Å². The van der Waals surface area contributed by atoms with E-state index in [9.17, 15) is 0 Å². The van der Waals surface area contributed by atoms with Gasteiger partial charge in [0.25, 0.3) is 0 Å². The van der Waals surface area contributed by atoms with Crippen LogP contribution < -0.4 is 0 Å². The first-order valence-corrected chi connectivity index (χ1v) is 6.12. The van der Waals surface area contributed by atoms with Crippen molar-refractivity contribution in [2.45, 2.75) is 13.8 Å². The molecule has 1 N–H and O–H groups in total. The van der Waals surface area contributed by atoms with Crippen LogP contribution in [0.25, 0.3) is 22.4 Å². The van der Waals surface area contributed by atoms with Crippen molar-refractivity contribution in [1.82, 2.24) is 9.97 Å². The minimum Gasteiger partial charge on any atom is -0.338 e. The average molecular weight is 228 g/mol. The number of thiophene rings is 1. The van der Waals surface area contributed by atoms with Crippen LogP contribution in [0.1, 0.15) is 10.4 Å². The number of nitrogens with one attached hydrogen (secondary N) is 1. The number of aromatic amines is 1. The van der Waals surface area contributed by atoms with Crippen molar-refractivity contribution < 1.29 is 0 Å². The largest absolute Gasteiger partial charge is 0.338 e. The van der Waals surface area contributed by atoms with Crippen molar-refractivity contribution in [3.8, 4) is 11.4 Å². The summed E-state index contributed by atoms with van der Waals surface area (Å²) in [5.41, 5.74) is 4.57. The van der Waals surface area contributed by atoms with Crippen molar-refractivity contribution in [3.63, 3.8) is 0 Å². The van der Waals surface area contributed by atoms with E-state index >= 15 is 0 Å². The number of benzene rings is 1. The zero-order valence-corrected chi connectivity index (χ0v) is 10.1. The fourth-order valence-electron chi connectivity index (χ4n) is 1.83. The second-order valence-electron chi connectivity index (χ2n) is 4.05. The highest BCUT2D eigenvalue weighted by Crippen LogP contribution is 2.25. The molecule has 3 heteroatoms. The van der Waals surface area contributed by atoms with Gasteiger partial charge >= 0.3 is 0 Å². The third-order valence-corrected chi connectivity index (χ3v) is 3.50. The molecule has 2 aromatic heterocycles. The molecule has 0 saturated heterocycles. The summed E-state index contributed by atoms with van der Waals surface area (Å²) in [5, 5.41) is 2.14. The lowest BCUT2D eigenvalue weighted by Gasteiger charge is -1.89. The first kappa shape index (κ1) is 9.60. The zero-order valence-electron chi connectivity index (χ0n) is 9.24. The number of rotatable bonds is 1. The van der Waals surface area contributed by atoms with Crippen LogP contribution in [0.4, 0.5) is 0 Å². The van der Waals surface area contributed by atoms with Gasteiger partial charge in [0.15, 0.2) is 0 Å². The molecule has 0 spiro atoms. The van der Waals surface area contributed by atoms with E-state index in [4.69, 9.17) is 0 Å². The van der Waals surface area contributed by atoms with Crippen LogP contribution in [-0.4, -0.2) is 9.97 Å². The Balaban J connectivity index is 2.18. The second kappa shape index (κ2) is 3.46. The standard InChI is InChI=1S/C13H12N2S/c1-8-3-4-11-12(5-8)15-13(14-11)10-6-9(2)16-7-10/h3-7H,1-2H3,(H,14,15). The van der Waals surface area contributed by atoms with Crippen molar-refractivity contribution in [2.75, 3.05) is 0 Å². The Morgan fingerprint density at radius 1 is 1.19 bits per heavy atom. The molecule has 2 heterocycles. The zero-order chi connectivity index (χ0) is 11.1. The Morgan fingerprint density at radius 2 is 2.06 bits per heavy atom. The highest BCUT2D eigenvalue weighted by Gasteiger charge is 2.06. The number of aromatic nitrogens is 2. The summed E-state index contributed by atoms with van der Waals surface area (Å²) < 4.78 is 0. The van der Waals surface area contributed by atoms with Crippen molar-refractivity contribution in [3.05, 3.63) is 40.1 Å². The summed E-state index contributed by atoms with van der Waals surface area (Å²) in [6, 6.07) is 8.44. The van der Waals surface area contributed by atoms with Gasteiger partial charge < -0.3 is 4.98 Å². The maximum absolute atomic E-state index is 4.59. The number of hydrogen-bond donors (Lipinski definition) is 1. The summed E-state index contributed by atoms with van der Waals surface area (Å²) in [7, 11) is 0. The SMILES string of the molecule is Cc1ccc2nc(-c3csc(C)c3)[nH]c2c1. The van der Waals surface area contributed by atoms with Gasteiger partial charge in [-0.05, 0) is 37.6 Å². The number of imidazole rings is 1. The quantitative estimate of drug-likeness (QED) is 0.672. The molecule has 0 radical (unpaired) electrons. The van der Waals surface area contributed by atoms with Crippen LogP contribution in [0, 0.1) is 13.8 Å². The van der Waals surface area contributed by atoms with Gasteiger partial charge in [0.1, 0.15) is 5.82 Å². The number of H-pyrrole nitrogens is 1. The van der Waals surface area contributed by atoms with E-state index in [2.05, 4.69) is 53.5 Å². The molecule has 3 aromatic rings. The fraction of sp³-hybridized carbons (Fsp3) is 0.154. The second-order valence-corrected chi connectivity index (χ2v) is 5.17. The molecule has 1 aromatic carbocycles. The van der Waals surface area contributed by atoms with Gasteiger partial charge in [-0.2, -0.15) is 0 Å².